The van der Waals surface area contributed by atoms with Gasteiger partial charge in [0.1, 0.15) is 0 Å². The summed E-state index contributed by atoms with van der Waals surface area (Å²) in [4.78, 5) is 17.6. The number of anilines is 2. The summed E-state index contributed by atoms with van der Waals surface area (Å²) in [5.74, 6) is 1.72. The molecule has 8 nitrogen and oxygen atoms in total. The van der Waals surface area contributed by atoms with Crippen LogP contribution in [-0.2, 0) is 0 Å². The van der Waals surface area contributed by atoms with E-state index in [1.807, 2.05) is 29.0 Å². The van der Waals surface area contributed by atoms with Crippen molar-refractivity contribution in [1.29, 1.82) is 0 Å². The topological polar surface area (TPSA) is 97.2 Å². The lowest BCUT2D eigenvalue weighted by atomic mass is 10.1. The minimum Gasteiger partial charge on any atom is -0.322 e. The number of nitrogens with one attached hydrogen (secondary N) is 2. The molecule has 0 saturated heterocycles. The van der Waals surface area contributed by atoms with Crippen molar-refractivity contribution in [3.63, 3.8) is 0 Å². The van der Waals surface area contributed by atoms with Gasteiger partial charge in [-0.3, -0.25) is 10.1 Å². The second kappa shape index (κ2) is 6.55. The minimum absolute atomic E-state index is 0.0520. The Morgan fingerprint density at radius 1 is 1.12 bits per heavy atom. The summed E-state index contributed by atoms with van der Waals surface area (Å²) < 4.78 is 1.99. The first-order valence-corrected chi connectivity index (χ1v) is 8.53. The fourth-order valence-corrected chi connectivity index (χ4v) is 2.76. The van der Waals surface area contributed by atoms with Gasteiger partial charge < -0.3 is 9.88 Å². The van der Waals surface area contributed by atoms with Crippen LogP contribution < -0.4 is 5.32 Å². The number of aromatic nitrogens is 7. The third-order valence-corrected chi connectivity index (χ3v) is 4.34. The standard InChI is InChI=1S/C18H20N8/c1-11(2)14-7-15(25-24-14)22-16-9-20-17-18(23-16)26(10-21-17)12(3)13-5-4-6-19-8-13/h4-12H,1-3H3,(H2,22,23,24,25)/t12-/m1/s1. The Morgan fingerprint density at radius 3 is 2.73 bits per heavy atom. The normalized spacial score (nSPS) is 12.6. The van der Waals surface area contributed by atoms with Crippen molar-refractivity contribution in [1.82, 2.24) is 34.7 Å². The van der Waals surface area contributed by atoms with Crippen LogP contribution >= 0.6 is 0 Å². The van der Waals surface area contributed by atoms with Gasteiger partial charge in [-0.2, -0.15) is 5.10 Å². The predicted octanol–water partition coefficient (Wildman–Crippen LogP) is 3.42. The van der Waals surface area contributed by atoms with E-state index in [1.165, 1.54) is 0 Å². The maximum atomic E-state index is 4.68. The Morgan fingerprint density at radius 2 is 2.00 bits per heavy atom. The van der Waals surface area contributed by atoms with E-state index >= 15 is 0 Å². The van der Waals surface area contributed by atoms with Crippen LogP contribution in [0, 0.1) is 0 Å². The van der Waals surface area contributed by atoms with Crippen LogP contribution in [-0.4, -0.2) is 34.7 Å². The van der Waals surface area contributed by atoms with E-state index in [-0.39, 0.29) is 6.04 Å². The van der Waals surface area contributed by atoms with Crippen LogP contribution in [0.5, 0.6) is 0 Å². The van der Waals surface area contributed by atoms with Crippen molar-refractivity contribution in [2.75, 3.05) is 5.32 Å². The number of H-pyrrole nitrogens is 1. The molecule has 1 atom stereocenters. The summed E-state index contributed by atoms with van der Waals surface area (Å²) in [6.07, 6.45) is 7.04. The highest BCUT2D eigenvalue weighted by molar-refractivity contribution is 5.69. The maximum Gasteiger partial charge on any atom is 0.197 e. The van der Waals surface area contributed by atoms with Gasteiger partial charge in [0.25, 0.3) is 0 Å². The lowest BCUT2D eigenvalue weighted by Gasteiger charge is -2.13. The molecule has 4 aromatic heterocycles. The van der Waals surface area contributed by atoms with Gasteiger partial charge in [0.2, 0.25) is 0 Å². The third kappa shape index (κ3) is 3.01. The van der Waals surface area contributed by atoms with Gasteiger partial charge in [0.15, 0.2) is 22.9 Å². The van der Waals surface area contributed by atoms with Crippen LogP contribution in [0.3, 0.4) is 0 Å². The molecule has 0 amide bonds. The first kappa shape index (κ1) is 16.2. The zero-order chi connectivity index (χ0) is 18.1. The Hall–Kier alpha value is -3.29. The number of nitrogens with zero attached hydrogens (tertiary/aromatic N) is 6. The van der Waals surface area contributed by atoms with Crippen molar-refractivity contribution >= 4 is 22.9 Å². The van der Waals surface area contributed by atoms with Crippen molar-refractivity contribution in [3.8, 4) is 0 Å². The Kier molecular flexibility index (Phi) is 4.08. The fourth-order valence-electron chi connectivity index (χ4n) is 2.76. The fraction of sp³-hybridized carbons (Fsp3) is 0.278. The molecular weight excluding hydrogens is 328 g/mol. The van der Waals surface area contributed by atoms with E-state index in [4.69, 9.17) is 0 Å². The van der Waals surface area contributed by atoms with Crippen molar-refractivity contribution in [3.05, 3.63) is 54.4 Å². The number of fused-ring (bicyclic) bond motifs is 1. The highest BCUT2D eigenvalue weighted by atomic mass is 15.2. The summed E-state index contributed by atoms with van der Waals surface area (Å²) in [5, 5.41) is 10.5. The molecule has 0 aliphatic heterocycles. The number of aromatic amines is 1. The minimum atomic E-state index is 0.0520. The first-order chi connectivity index (χ1) is 12.6. The van der Waals surface area contributed by atoms with Gasteiger partial charge in [-0.05, 0) is 24.5 Å². The molecule has 0 aliphatic carbocycles. The number of rotatable bonds is 5. The van der Waals surface area contributed by atoms with E-state index in [0.29, 0.717) is 28.8 Å². The molecule has 0 aliphatic rings. The molecule has 0 spiro atoms. The monoisotopic (exact) mass is 348 g/mol. The zero-order valence-electron chi connectivity index (χ0n) is 14.9. The molecule has 26 heavy (non-hydrogen) atoms. The number of hydrogen-bond acceptors (Lipinski definition) is 6. The molecular formula is C18H20N8. The maximum absolute atomic E-state index is 4.68. The largest absolute Gasteiger partial charge is 0.322 e. The van der Waals surface area contributed by atoms with Gasteiger partial charge in [-0.25, -0.2) is 15.0 Å². The van der Waals surface area contributed by atoms with Gasteiger partial charge in [-0.1, -0.05) is 19.9 Å². The van der Waals surface area contributed by atoms with E-state index in [2.05, 4.69) is 56.2 Å². The van der Waals surface area contributed by atoms with Gasteiger partial charge >= 0.3 is 0 Å². The Balaban J connectivity index is 1.66. The summed E-state index contributed by atoms with van der Waals surface area (Å²) in [6.45, 7) is 6.31. The van der Waals surface area contributed by atoms with Gasteiger partial charge in [0.05, 0.1) is 18.6 Å². The van der Waals surface area contributed by atoms with E-state index < -0.39 is 0 Å². The number of pyridine rings is 1. The van der Waals surface area contributed by atoms with Crippen LogP contribution in [0.4, 0.5) is 11.6 Å². The molecule has 4 heterocycles. The predicted molar refractivity (Wildman–Crippen MR) is 99.3 cm³/mol. The van der Waals surface area contributed by atoms with E-state index in [9.17, 15) is 0 Å². The average molecular weight is 348 g/mol. The highest BCUT2D eigenvalue weighted by Gasteiger charge is 2.14. The second-order valence-electron chi connectivity index (χ2n) is 6.50. The van der Waals surface area contributed by atoms with Crippen molar-refractivity contribution in [2.24, 2.45) is 0 Å². The molecule has 0 unspecified atom stereocenters. The molecule has 132 valence electrons. The Labute approximate surface area is 150 Å². The van der Waals surface area contributed by atoms with Gasteiger partial charge in [0, 0.05) is 24.2 Å². The molecule has 0 saturated carbocycles. The molecule has 0 fully saturated rings. The lowest BCUT2D eigenvalue weighted by Crippen LogP contribution is -2.07. The molecule has 4 aromatic rings. The smallest absolute Gasteiger partial charge is 0.197 e. The molecule has 4 rings (SSSR count). The summed E-state index contributed by atoms with van der Waals surface area (Å²) in [5.41, 5.74) is 3.47. The third-order valence-electron chi connectivity index (χ3n) is 4.34. The molecule has 8 heteroatoms. The molecule has 0 radical (unpaired) electrons. The average Bonchev–Trinajstić information content (AvgIpc) is 3.29. The molecule has 0 aromatic carbocycles. The molecule has 0 bridgehead atoms. The van der Waals surface area contributed by atoms with E-state index in [1.54, 1.807) is 18.7 Å². The highest BCUT2D eigenvalue weighted by Crippen LogP contribution is 2.23. The Bertz CT molecular complexity index is 1020. The molecule has 2 N–H and O–H groups in total. The SMILES string of the molecule is CC(C)c1cc(Nc2cnc3ncn([C@H](C)c4cccnc4)c3n2)n[nH]1. The van der Waals surface area contributed by atoms with Crippen LogP contribution in [0.2, 0.25) is 0 Å². The summed E-state index contributed by atoms with van der Waals surface area (Å²) in [6, 6.07) is 5.99. The van der Waals surface area contributed by atoms with Crippen LogP contribution in [0.25, 0.3) is 11.3 Å². The van der Waals surface area contributed by atoms with E-state index in [0.717, 1.165) is 11.3 Å². The lowest BCUT2D eigenvalue weighted by molar-refractivity contribution is 0.650. The van der Waals surface area contributed by atoms with Gasteiger partial charge in [-0.15, -0.1) is 0 Å². The zero-order valence-corrected chi connectivity index (χ0v) is 14.9. The van der Waals surface area contributed by atoms with Crippen molar-refractivity contribution in [2.45, 2.75) is 32.7 Å². The summed E-state index contributed by atoms with van der Waals surface area (Å²) >= 11 is 0. The number of imidazole rings is 1. The van der Waals surface area contributed by atoms with Crippen LogP contribution in [0.1, 0.15) is 44.0 Å². The number of hydrogen-bond donors (Lipinski definition) is 2. The second-order valence-corrected chi connectivity index (χ2v) is 6.50. The first-order valence-electron chi connectivity index (χ1n) is 8.53. The quantitative estimate of drug-likeness (QED) is 0.573. The van der Waals surface area contributed by atoms with Crippen LogP contribution in [0.15, 0.2) is 43.1 Å². The van der Waals surface area contributed by atoms with Crippen molar-refractivity contribution < 1.29 is 0 Å². The summed E-state index contributed by atoms with van der Waals surface area (Å²) in [7, 11) is 0.